The molecule has 28 heavy (non-hydrogen) atoms. The number of nitrogens with one attached hydrogen (secondary N) is 2. The maximum Gasteiger partial charge on any atom is 0.303 e. The maximum absolute atomic E-state index is 12.4. The molecule has 3 N–H and O–H groups in total. The van der Waals surface area contributed by atoms with E-state index >= 15 is 0 Å². The fraction of sp³-hybridized carbons (Fsp3) is 0.286. The Morgan fingerprint density at radius 3 is 2.11 bits per heavy atom. The highest BCUT2D eigenvalue weighted by molar-refractivity contribution is 8.00. The lowest BCUT2D eigenvalue weighted by Gasteiger charge is -2.13. The third-order valence-electron chi connectivity index (χ3n) is 3.88. The molecule has 0 heterocycles. The van der Waals surface area contributed by atoms with Crippen LogP contribution in [0.3, 0.4) is 0 Å². The molecule has 148 valence electrons. The molecule has 0 aromatic heterocycles. The Balaban J connectivity index is 1.89. The third kappa shape index (κ3) is 7.08. The predicted molar refractivity (Wildman–Crippen MR) is 112 cm³/mol. The Labute approximate surface area is 168 Å². The van der Waals surface area contributed by atoms with Gasteiger partial charge in [-0.05, 0) is 68.3 Å². The number of anilines is 2. The van der Waals surface area contributed by atoms with Gasteiger partial charge in [0.1, 0.15) is 0 Å². The van der Waals surface area contributed by atoms with Gasteiger partial charge in [-0.25, -0.2) is 0 Å². The number of aryl methyl sites for hydroxylation is 2. The van der Waals surface area contributed by atoms with Gasteiger partial charge in [0, 0.05) is 22.7 Å². The van der Waals surface area contributed by atoms with Crippen molar-refractivity contribution in [1.82, 2.24) is 0 Å². The minimum Gasteiger partial charge on any atom is -0.481 e. The average Bonchev–Trinajstić information content (AvgIpc) is 2.60. The Hall–Kier alpha value is -2.80. The van der Waals surface area contributed by atoms with Crippen molar-refractivity contribution in [1.29, 1.82) is 0 Å². The zero-order chi connectivity index (χ0) is 20.7. The van der Waals surface area contributed by atoms with E-state index in [0.29, 0.717) is 5.69 Å². The quantitative estimate of drug-likeness (QED) is 0.577. The van der Waals surface area contributed by atoms with Gasteiger partial charge in [0.15, 0.2) is 0 Å². The van der Waals surface area contributed by atoms with Crippen molar-refractivity contribution >= 4 is 40.9 Å². The fourth-order valence-electron chi connectivity index (χ4n) is 2.61. The number of amides is 2. The van der Waals surface area contributed by atoms with Gasteiger partial charge in [0.05, 0.1) is 11.7 Å². The molecule has 1 atom stereocenters. The molecule has 7 heteroatoms. The third-order valence-corrected chi connectivity index (χ3v) is 4.99. The van der Waals surface area contributed by atoms with E-state index in [0.717, 1.165) is 21.7 Å². The van der Waals surface area contributed by atoms with Gasteiger partial charge in [0.25, 0.3) is 0 Å². The molecule has 2 aromatic rings. The van der Waals surface area contributed by atoms with Crippen LogP contribution < -0.4 is 10.6 Å². The van der Waals surface area contributed by atoms with Gasteiger partial charge < -0.3 is 15.7 Å². The molecule has 2 amide bonds. The summed E-state index contributed by atoms with van der Waals surface area (Å²) in [5.41, 5.74) is 3.56. The molecule has 0 radical (unpaired) electrons. The van der Waals surface area contributed by atoms with Gasteiger partial charge in [0.2, 0.25) is 11.8 Å². The van der Waals surface area contributed by atoms with Crippen molar-refractivity contribution in [3.05, 3.63) is 53.6 Å². The molecule has 0 fully saturated rings. The van der Waals surface area contributed by atoms with Crippen LogP contribution in [0.15, 0.2) is 47.4 Å². The summed E-state index contributed by atoms with van der Waals surface area (Å²) in [6.07, 6.45) is -0.270. The molecule has 0 aliphatic carbocycles. The molecule has 0 saturated carbocycles. The standard InChI is InChI=1S/C21H24N2O4S/c1-13-10-14(2)12-17(11-13)23-21(27)15(3)28-18-6-4-16(5-7-18)22-19(24)8-9-20(25)26/h4-7,10-12,15H,8-9H2,1-3H3,(H,22,24)(H,23,27)(H,25,26). The first-order valence-corrected chi connectivity index (χ1v) is 9.78. The molecule has 0 aliphatic heterocycles. The van der Waals surface area contributed by atoms with Gasteiger partial charge >= 0.3 is 5.97 Å². The lowest BCUT2D eigenvalue weighted by molar-refractivity contribution is -0.138. The van der Waals surface area contributed by atoms with E-state index in [9.17, 15) is 14.4 Å². The number of carbonyl (C=O) groups is 3. The molecule has 6 nitrogen and oxygen atoms in total. The highest BCUT2D eigenvalue weighted by atomic mass is 32.2. The normalized spacial score (nSPS) is 11.5. The molecule has 2 aromatic carbocycles. The van der Waals surface area contributed by atoms with Gasteiger partial charge in [-0.15, -0.1) is 11.8 Å². The zero-order valence-corrected chi connectivity index (χ0v) is 16.9. The second-order valence-electron chi connectivity index (χ2n) is 6.59. The number of thioether (sulfide) groups is 1. The summed E-state index contributed by atoms with van der Waals surface area (Å²) in [6.45, 7) is 5.82. The Kier molecular flexibility index (Phi) is 7.63. The van der Waals surface area contributed by atoms with Gasteiger partial charge in [-0.1, -0.05) is 6.07 Å². The van der Waals surface area contributed by atoms with Crippen LogP contribution in [0, 0.1) is 13.8 Å². The fourth-order valence-corrected chi connectivity index (χ4v) is 3.48. The van der Waals surface area contributed by atoms with Crippen LogP contribution in [0.5, 0.6) is 0 Å². The number of carboxylic acid groups (broad SMARTS) is 1. The van der Waals surface area contributed by atoms with Crippen molar-refractivity contribution < 1.29 is 19.5 Å². The van der Waals surface area contributed by atoms with E-state index in [1.54, 1.807) is 12.1 Å². The molecule has 0 spiro atoms. The minimum atomic E-state index is -1.00. The van der Waals surface area contributed by atoms with Crippen LogP contribution >= 0.6 is 11.8 Å². The summed E-state index contributed by atoms with van der Waals surface area (Å²) in [7, 11) is 0. The van der Waals surface area contributed by atoms with Crippen LogP contribution in [-0.2, 0) is 14.4 Å². The summed E-state index contributed by atoms with van der Waals surface area (Å²) < 4.78 is 0. The molecule has 0 saturated heterocycles. The monoisotopic (exact) mass is 400 g/mol. The molecule has 1 unspecified atom stereocenters. The molecule has 0 bridgehead atoms. The van der Waals surface area contributed by atoms with Crippen LogP contribution in [0.25, 0.3) is 0 Å². The Bertz CT molecular complexity index is 845. The summed E-state index contributed by atoms with van der Waals surface area (Å²) in [5.74, 6) is -1.43. The van der Waals surface area contributed by atoms with E-state index in [-0.39, 0.29) is 29.9 Å². The highest BCUT2D eigenvalue weighted by Gasteiger charge is 2.15. The van der Waals surface area contributed by atoms with E-state index in [2.05, 4.69) is 16.7 Å². The summed E-state index contributed by atoms with van der Waals surface area (Å²) >= 11 is 1.42. The van der Waals surface area contributed by atoms with E-state index in [1.165, 1.54) is 11.8 Å². The van der Waals surface area contributed by atoms with Crippen LogP contribution in [0.1, 0.15) is 30.9 Å². The smallest absolute Gasteiger partial charge is 0.303 e. The number of hydrogen-bond acceptors (Lipinski definition) is 4. The maximum atomic E-state index is 12.4. The summed E-state index contributed by atoms with van der Waals surface area (Å²) in [6, 6.07) is 13.0. The van der Waals surface area contributed by atoms with Crippen LogP contribution in [0.4, 0.5) is 11.4 Å². The highest BCUT2D eigenvalue weighted by Crippen LogP contribution is 2.26. The summed E-state index contributed by atoms with van der Waals surface area (Å²) in [5, 5.41) is 13.9. The van der Waals surface area contributed by atoms with E-state index in [1.807, 2.05) is 45.0 Å². The number of rotatable bonds is 8. The topological polar surface area (TPSA) is 95.5 Å². The molecule has 2 rings (SSSR count). The largest absolute Gasteiger partial charge is 0.481 e. The Morgan fingerprint density at radius 2 is 1.54 bits per heavy atom. The lowest BCUT2D eigenvalue weighted by Crippen LogP contribution is -2.22. The van der Waals surface area contributed by atoms with E-state index < -0.39 is 5.97 Å². The Morgan fingerprint density at radius 1 is 0.929 bits per heavy atom. The molecular formula is C21H24N2O4S. The molecule has 0 aliphatic rings. The second-order valence-corrected chi connectivity index (χ2v) is 8.01. The first-order valence-electron chi connectivity index (χ1n) is 8.90. The minimum absolute atomic E-state index is 0.0680. The summed E-state index contributed by atoms with van der Waals surface area (Å²) in [4.78, 5) is 35.5. The van der Waals surface area contributed by atoms with Gasteiger partial charge in [-0.3, -0.25) is 14.4 Å². The number of aliphatic carboxylic acids is 1. The average molecular weight is 401 g/mol. The van der Waals surface area contributed by atoms with Crippen LogP contribution in [0.2, 0.25) is 0 Å². The van der Waals surface area contributed by atoms with Crippen molar-refractivity contribution in [3.63, 3.8) is 0 Å². The van der Waals surface area contributed by atoms with Crippen LogP contribution in [-0.4, -0.2) is 28.1 Å². The number of carboxylic acids is 1. The lowest BCUT2D eigenvalue weighted by atomic mass is 10.1. The van der Waals surface area contributed by atoms with Crippen molar-refractivity contribution in [2.45, 2.75) is 43.8 Å². The van der Waals surface area contributed by atoms with Crippen molar-refractivity contribution in [3.8, 4) is 0 Å². The second kappa shape index (κ2) is 9.94. The first kappa shape index (κ1) is 21.5. The SMILES string of the molecule is Cc1cc(C)cc(NC(=O)C(C)Sc2ccc(NC(=O)CCC(=O)O)cc2)c1. The first-order chi connectivity index (χ1) is 13.2. The number of benzene rings is 2. The van der Waals surface area contributed by atoms with Crippen molar-refractivity contribution in [2.75, 3.05) is 10.6 Å². The van der Waals surface area contributed by atoms with Crippen molar-refractivity contribution in [2.24, 2.45) is 0 Å². The van der Waals surface area contributed by atoms with Gasteiger partial charge in [-0.2, -0.15) is 0 Å². The predicted octanol–water partition coefficient (Wildman–Crippen LogP) is 4.23. The molecular weight excluding hydrogens is 376 g/mol. The number of carbonyl (C=O) groups excluding carboxylic acids is 2. The number of hydrogen-bond donors (Lipinski definition) is 3. The van der Waals surface area contributed by atoms with E-state index in [4.69, 9.17) is 5.11 Å². The zero-order valence-electron chi connectivity index (χ0n) is 16.1.